The van der Waals surface area contributed by atoms with Gasteiger partial charge in [0, 0.05) is 50.0 Å². The summed E-state index contributed by atoms with van der Waals surface area (Å²) in [5.41, 5.74) is 7.38. The van der Waals surface area contributed by atoms with E-state index in [0.29, 0.717) is 29.4 Å². The highest BCUT2D eigenvalue weighted by molar-refractivity contribution is 5.91. The predicted molar refractivity (Wildman–Crippen MR) is 147 cm³/mol. The Hall–Kier alpha value is -4.67. The molecule has 1 saturated heterocycles. The fourth-order valence-electron chi connectivity index (χ4n) is 5.24. The SMILES string of the molecule is N#Cc1ccc(NCCC(=O)Nc2cccc(OCC3c4ccccc4CN3C3CNNC(=O)C3C(F)(F)F)c2)nc1. The van der Waals surface area contributed by atoms with E-state index in [-0.39, 0.29) is 32.0 Å². The smallest absolute Gasteiger partial charge is 0.402 e. The first kappa shape index (κ1) is 28.8. The molecule has 2 aromatic carbocycles. The van der Waals surface area contributed by atoms with Crippen LogP contribution in [0.5, 0.6) is 5.75 Å². The minimum atomic E-state index is -4.71. The van der Waals surface area contributed by atoms with E-state index in [0.717, 1.165) is 11.1 Å². The lowest BCUT2D eigenvalue weighted by Gasteiger charge is -2.40. The number of anilines is 2. The summed E-state index contributed by atoms with van der Waals surface area (Å²) in [5, 5.41) is 14.7. The molecule has 2 aliphatic heterocycles. The number of hydrogen-bond donors (Lipinski definition) is 4. The number of pyridine rings is 1. The molecule has 10 nitrogen and oxygen atoms in total. The summed E-state index contributed by atoms with van der Waals surface area (Å²) in [5.74, 6) is -2.56. The largest absolute Gasteiger partial charge is 0.492 e. The molecule has 2 amide bonds. The number of nitriles is 1. The Morgan fingerprint density at radius 3 is 2.76 bits per heavy atom. The second-order valence-electron chi connectivity index (χ2n) is 9.95. The molecule has 3 unspecified atom stereocenters. The molecule has 0 saturated carbocycles. The van der Waals surface area contributed by atoms with Gasteiger partial charge in [-0.1, -0.05) is 30.3 Å². The summed E-state index contributed by atoms with van der Waals surface area (Å²) in [7, 11) is 0. The third kappa shape index (κ3) is 6.62. The van der Waals surface area contributed by atoms with Crippen LogP contribution >= 0.6 is 0 Å². The number of ether oxygens (including phenoxy) is 1. The first-order valence-corrected chi connectivity index (χ1v) is 13.3. The third-order valence-electron chi connectivity index (χ3n) is 7.21. The average molecular weight is 580 g/mol. The normalized spacial score (nSPS) is 20.2. The maximum absolute atomic E-state index is 13.9. The molecule has 0 spiro atoms. The molecule has 5 rings (SSSR count). The molecule has 1 fully saturated rings. The first-order chi connectivity index (χ1) is 20.2. The second kappa shape index (κ2) is 12.5. The van der Waals surface area contributed by atoms with Crippen molar-refractivity contribution in [3.8, 4) is 11.8 Å². The van der Waals surface area contributed by atoms with Crippen molar-refractivity contribution in [2.24, 2.45) is 5.92 Å². The second-order valence-corrected chi connectivity index (χ2v) is 9.95. The number of rotatable bonds is 9. The highest BCUT2D eigenvalue weighted by Gasteiger charge is 2.55. The van der Waals surface area contributed by atoms with Crippen LogP contribution in [0.25, 0.3) is 0 Å². The van der Waals surface area contributed by atoms with Gasteiger partial charge in [-0.25, -0.2) is 10.4 Å². The van der Waals surface area contributed by atoms with Crippen LogP contribution in [0.4, 0.5) is 24.7 Å². The number of hydrogen-bond acceptors (Lipinski definition) is 8. The molecule has 3 heterocycles. The molecule has 4 N–H and O–H groups in total. The maximum atomic E-state index is 13.9. The topological polar surface area (TPSA) is 131 Å². The van der Waals surface area contributed by atoms with Crippen molar-refractivity contribution in [1.29, 1.82) is 5.26 Å². The molecule has 218 valence electrons. The number of hydrazine groups is 1. The van der Waals surface area contributed by atoms with E-state index in [1.54, 1.807) is 41.3 Å². The summed E-state index contributed by atoms with van der Waals surface area (Å²) in [6.45, 7) is 0.542. The number of nitrogens with zero attached hydrogens (tertiary/aromatic N) is 3. The van der Waals surface area contributed by atoms with E-state index in [2.05, 4.69) is 26.5 Å². The Morgan fingerprint density at radius 2 is 2.00 bits per heavy atom. The number of carbonyl (C=O) groups excluding carboxylic acids is 2. The lowest BCUT2D eigenvalue weighted by molar-refractivity contribution is -0.202. The Morgan fingerprint density at radius 1 is 1.17 bits per heavy atom. The molecule has 3 aromatic rings. The van der Waals surface area contributed by atoms with Gasteiger partial charge in [-0.15, -0.1) is 0 Å². The number of nitrogens with one attached hydrogen (secondary N) is 4. The van der Waals surface area contributed by atoms with E-state index in [1.807, 2.05) is 30.3 Å². The number of amides is 2. The predicted octanol–water partition coefficient (Wildman–Crippen LogP) is 3.51. The van der Waals surface area contributed by atoms with Crippen LogP contribution in [0, 0.1) is 17.2 Å². The van der Waals surface area contributed by atoms with Gasteiger partial charge in [-0.2, -0.15) is 18.4 Å². The van der Waals surface area contributed by atoms with Crippen LogP contribution in [0.15, 0.2) is 66.9 Å². The molecule has 3 atom stereocenters. The maximum Gasteiger partial charge on any atom is 0.402 e. The van der Waals surface area contributed by atoms with E-state index in [4.69, 9.17) is 10.00 Å². The van der Waals surface area contributed by atoms with Crippen molar-refractivity contribution >= 4 is 23.3 Å². The molecule has 0 aliphatic carbocycles. The van der Waals surface area contributed by atoms with Gasteiger partial charge in [0.1, 0.15) is 24.2 Å². The summed E-state index contributed by atoms with van der Waals surface area (Å²) in [6.07, 6.45) is -3.11. The summed E-state index contributed by atoms with van der Waals surface area (Å²) < 4.78 is 47.9. The van der Waals surface area contributed by atoms with Crippen LogP contribution in [0.3, 0.4) is 0 Å². The number of alkyl halides is 3. The van der Waals surface area contributed by atoms with Gasteiger partial charge < -0.3 is 15.4 Å². The Bertz CT molecular complexity index is 1480. The number of aromatic nitrogens is 1. The number of benzene rings is 2. The minimum absolute atomic E-state index is 0.0403. The number of carbonyl (C=O) groups is 2. The van der Waals surface area contributed by atoms with Gasteiger partial charge >= 0.3 is 6.18 Å². The van der Waals surface area contributed by atoms with Crippen LogP contribution in [0.2, 0.25) is 0 Å². The standard InChI is InChI=1S/C29H28F3N7O3/c30-29(31,32)27-23(15-36-38-28(27)41)39-16-19-4-1-2-7-22(19)24(39)17-42-21-6-3-5-20(12-21)37-26(40)10-11-34-25-9-8-18(13-33)14-35-25/h1-9,12,14,23-24,27,36H,10-11,15-17H2,(H,34,35)(H,37,40)(H,38,41). The molecule has 42 heavy (non-hydrogen) atoms. The van der Waals surface area contributed by atoms with E-state index < -0.39 is 30.1 Å². The number of fused-ring (bicyclic) bond motifs is 1. The zero-order chi connectivity index (χ0) is 29.7. The highest BCUT2D eigenvalue weighted by Crippen LogP contribution is 2.41. The lowest BCUT2D eigenvalue weighted by atomic mass is 9.94. The van der Waals surface area contributed by atoms with Gasteiger partial charge in [0.05, 0.1) is 11.6 Å². The first-order valence-electron chi connectivity index (χ1n) is 13.3. The van der Waals surface area contributed by atoms with Gasteiger partial charge in [-0.3, -0.25) is 19.9 Å². The quantitative estimate of drug-likeness (QED) is 0.303. The summed E-state index contributed by atoms with van der Waals surface area (Å²) in [6, 6.07) is 17.8. The minimum Gasteiger partial charge on any atom is -0.492 e. The lowest BCUT2D eigenvalue weighted by Crippen LogP contribution is -2.64. The van der Waals surface area contributed by atoms with Gasteiger partial charge in [-0.05, 0) is 35.4 Å². The van der Waals surface area contributed by atoms with E-state index >= 15 is 0 Å². The van der Waals surface area contributed by atoms with Gasteiger partial charge in [0.2, 0.25) is 11.8 Å². The average Bonchev–Trinajstić information content (AvgIpc) is 3.34. The van der Waals surface area contributed by atoms with E-state index in [1.165, 1.54) is 6.20 Å². The summed E-state index contributed by atoms with van der Waals surface area (Å²) >= 11 is 0. The zero-order valence-corrected chi connectivity index (χ0v) is 22.3. The monoisotopic (exact) mass is 579 g/mol. The third-order valence-corrected chi connectivity index (χ3v) is 7.21. The highest BCUT2D eigenvalue weighted by atomic mass is 19.4. The van der Waals surface area contributed by atoms with Crippen molar-refractivity contribution < 1.29 is 27.5 Å². The Labute approximate surface area is 239 Å². The molecule has 13 heteroatoms. The summed E-state index contributed by atoms with van der Waals surface area (Å²) in [4.78, 5) is 30.5. The van der Waals surface area contributed by atoms with Crippen LogP contribution in [0.1, 0.15) is 29.2 Å². The van der Waals surface area contributed by atoms with Gasteiger partial charge in [0.15, 0.2) is 5.92 Å². The van der Waals surface area contributed by atoms with Crippen molar-refractivity contribution in [1.82, 2.24) is 20.7 Å². The molecule has 2 aliphatic rings. The molecular weight excluding hydrogens is 551 g/mol. The van der Waals surface area contributed by atoms with Crippen molar-refractivity contribution in [2.45, 2.75) is 31.2 Å². The Balaban J connectivity index is 1.22. The van der Waals surface area contributed by atoms with Crippen molar-refractivity contribution in [3.05, 3.63) is 83.6 Å². The van der Waals surface area contributed by atoms with Crippen LogP contribution in [-0.4, -0.2) is 53.6 Å². The fraction of sp³-hybridized carbons (Fsp3) is 0.310. The molecular formula is C29H28F3N7O3. The molecule has 1 aromatic heterocycles. The van der Waals surface area contributed by atoms with Crippen LogP contribution in [-0.2, 0) is 16.1 Å². The van der Waals surface area contributed by atoms with Gasteiger partial charge in [0.25, 0.3) is 0 Å². The number of halogens is 3. The molecule has 0 bridgehead atoms. The Kier molecular flexibility index (Phi) is 8.56. The zero-order valence-electron chi connectivity index (χ0n) is 22.3. The van der Waals surface area contributed by atoms with Crippen LogP contribution < -0.4 is 26.2 Å². The fourth-order valence-corrected chi connectivity index (χ4v) is 5.24. The van der Waals surface area contributed by atoms with E-state index in [9.17, 15) is 22.8 Å². The molecule has 0 radical (unpaired) electrons. The van der Waals surface area contributed by atoms with Crippen molar-refractivity contribution in [2.75, 3.05) is 30.3 Å². The van der Waals surface area contributed by atoms with Crippen molar-refractivity contribution in [3.63, 3.8) is 0 Å².